The molecule has 4 aliphatic rings. The molecule has 6 nitrogen and oxygen atoms in total. The molecule has 4 fully saturated rings. The zero-order valence-corrected chi connectivity index (χ0v) is 17.8. The van der Waals surface area contributed by atoms with Crippen molar-refractivity contribution < 1.29 is 22.7 Å². The van der Waals surface area contributed by atoms with E-state index in [2.05, 4.69) is 12.2 Å². The zero-order valence-electron chi connectivity index (χ0n) is 17.0. The maximum absolute atomic E-state index is 12.4. The van der Waals surface area contributed by atoms with E-state index in [4.69, 9.17) is 4.74 Å². The van der Waals surface area contributed by atoms with Crippen LogP contribution in [-0.4, -0.2) is 39.2 Å². The molecule has 1 N–H and O–H groups in total. The molecule has 4 bridgehead atoms. The summed E-state index contributed by atoms with van der Waals surface area (Å²) in [6.45, 7) is 1.76. The Morgan fingerprint density at radius 2 is 1.59 bits per heavy atom. The molecule has 1 atom stereocenters. The minimum atomic E-state index is -3.32. The highest BCUT2D eigenvalue weighted by atomic mass is 32.2. The maximum Gasteiger partial charge on any atom is 0.338 e. The highest BCUT2D eigenvalue weighted by Gasteiger charge is 2.53. The molecule has 158 valence electrons. The number of sulfone groups is 1. The SMILES string of the molecule is CC(NC(=O)COC(=O)c1ccc(S(C)(=O)=O)cc1)C12CC3CC(CC(C3)C1)C2. The zero-order chi connectivity index (χ0) is 20.8. The van der Waals surface area contributed by atoms with E-state index in [1.54, 1.807) is 0 Å². The largest absolute Gasteiger partial charge is 0.452 e. The van der Waals surface area contributed by atoms with Crippen LogP contribution in [0, 0.1) is 23.2 Å². The average molecular weight is 420 g/mol. The van der Waals surface area contributed by atoms with Crippen LogP contribution in [0.3, 0.4) is 0 Å². The van der Waals surface area contributed by atoms with Crippen LogP contribution in [0.5, 0.6) is 0 Å². The Kier molecular flexibility index (Phi) is 5.21. The monoisotopic (exact) mass is 419 g/mol. The van der Waals surface area contributed by atoms with Crippen molar-refractivity contribution in [3.63, 3.8) is 0 Å². The van der Waals surface area contributed by atoms with E-state index in [9.17, 15) is 18.0 Å². The number of carbonyl (C=O) groups is 2. The molecule has 4 saturated carbocycles. The van der Waals surface area contributed by atoms with Gasteiger partial charge < -0.3 is 10.1 Å². The molecule has 1 aromatic rings. The lowest BCUT2D eigenvalue weighted by Gasteiger charge is -2.59. The van der Waals surface area contributed by atoms with E-state index in [-0.39, 0.29) is 34.4 Å². The first kappa shape index (κ1) is 20.4. The van der Waals surface area contributed by atoms with Crippen molar-refractivity contribution in [1.29, 1.82) is 0 Å². The predicted molar refractivity (Wildman–Crippen MR) is 108 cm³/mol. The van der Waals surface area contributed by atoms with Crippen molar-refractivity contribution in [2.24, 2.45) is 23.2 Å². The van der Waals surface area contributed by atoms with Crippen LogP contribution in [0.15, 0.2) is 29.2 Å². The van der Waals surface area contributed by atoms with Gasteiger partial charge in [0.05, 0.1) is 10.5 Å². The number of nitrogens with one attached hydrogen (secondary N) is 1. The molecule has 0 aliphatic heterocycles. The molecule has 5 rings (SSSR count). The quantitative estimate of drug-likeness (QED) is 0.716. The first-order chi connectivity index (χ1) is 13.6. The van der Waals surface area contributed by atoms with Gasteiger partial charge in [0.15, 0.2) is 16.4 Å². The van der Waals surface area contributed by atoms with Crippen molar-refractivity contribution >= 4 is 21.7 Å². The lowest BCUT2D eigenvalue weighted by atomic mass is 9.48. The van der Waals surface area contributed by atoms with Crippen LogP contribution < -0.4 is 5.32 Å². The van der Waals surface area contributed by atoms with E-state index in [1.807, 2.05) is 0 Å². The summed E-state index contributed by atoms with van der Waals surface area (Å²) < 4.78 is 28.1. The molecule has 0 heterocycles. The van der Waals surface area contributed by atoms with E-state index in [1.165, 1.54) is 62.8 Å². The summed E-state index contributed by atoms with van der Waals surface area (Å²) in [5.41, 5.74) is 0.426. The normalized spacial score (nSPS) is 31.3. The molecule has 1 aromatic carbocycles. The van der Waals surface area contributed by atoms with Crippen LogP contribution in [0.2, 0.25) is 0 Å². The number of hydrogen-bond donors (Lipinski definition) is 1. The summed E-state index contributed by atoms with van der Waals surface area (Å²) in [6, 6.07) is 5.60. The van der Waals surface area contributed by atoms with Gasteiger partial charge in [0, 0.05) is 12.3 Å². The second kappa shape index (κ2) is 7.42. The summed E-state index contributed by atoms with van der Waals surface area (Å²) in [7, 11) is -3.32. The molecule has 1 amide bonds. The lowest BCUT2D eigenvalue weighted by Crippen LogP contribution is -2.56. The highest BCUT2D eigenvalue weighted by Crippen LogP contribution is 2.61. The summed E-state index contributed by atoms with van der Waals surface area (Å²) in [6.07, 6.45) is 8.78. The lowest BCUT2D eigenvalue weighted by molar-refractivity contribution is -0.128. The van der Waals surface area contributed by atoms with Crippen molar-refractivity contribution in [3.05, 3.63) is 29.8 Å². The second-order valence-electron chi connectivity index (χ2n) is 9.44. The molecular weight excluding hydrogens is 390 g/mol. The fourth-order valence-electron chi connectivity index (χ4n) is 6.20. The summed E-state index contributed by atoms with van der Waals surface area (Å²) in [4.78, 5) is 24.7. The number of hydrogen-bond acceptors (Lipinski definition) is 5. The smallest absolute Gasteiger partial charge is 0.338 e. The Labute approximate surface area is 172 Å². The molecule has 1 unspecified atom stereocenters. The minimum absolute atomic E-state index is 0.0798. The van der Waals surface area contributed by atoms with Crippen LogP contribution in [0.1, 0.15) is 55.8 Å². The van der Waals surface area contributed by atoms with Crippen LogP contribution in [0.25, 0.3) is 0 Å². The van der Waals surface area contributed by atoms with Gasteiger partial charge in [0.2, 0.25) is 0 Å². The third-order valence-electron chi connectivity index (χ3n) is 7.23. The van der Waals surface area contributed by atoms with Gasteiger partial charge in [-0.3, -0.25) is 4.79 Å². The highest BCUT2D eigenvalue weighted by molar-refractivity contribution is 7.90. The molecule has 4 aliphatic carbocycles. The van der Waals surface area contributed by atoms with Gasteiger partial charge in [0.1, 0.15) is 0 Å². The fourth-order valence-corrected chi connectivity index (χ4v) is 6.83. The molecule has 7 heteroatoms. The molecule has 0 radical (unpaired) electrons. The van der Waals surface area contributed by atoms with Gasteiger partial charge in [-0.15, -0.1) is 0 Å². The van der Waals surface area contributed by atoms with Crippen LogP contribution >= 0.6 is 0 Å². The van der Waals surface area contributed by atoms with Gasteiger partial charge in [0.25, 0.3) is 5.91 Å². The molecular formula is C22H29NO5S. The van der Waals surface area contributed by atoms with E-state index < -0.39 is 15.8 Å². The Hall–Kier alpha value is -1.89. The van der Waals surface area contributed by atoms with Gasteiger partial charge in [-0.1, -0.05) is 0 Å². The number of carbonyl (C=O) groups excluding carboxylic acids is 2. The van der Waals surface area contributed by atoms with Crippen LogP contribution in [-0.2, 0) is 19.4 Å². The second-order valence-corrected chi connectivity index (χ2v) is 11.5. The number of rotatable bonds is 6. The number of esters is 1. The predicted octanol–water partition coefficient (Wildman–Crippen LogP) is 2.97. The van der Waals surface area contributed by atoms with Crippen LogP contribution in [0.4, 0.5) is 0 Å². The minimum Gasteiger partial charge on any atom is -0.452 e. The van der Waals surface area contributed by atoms with Gasteiger partial charge in [-0.05, 0) is 92.9 Å². The topological polar surface area (TPSA) is 89.5 Å². The van der Waals surface area contributed by atoms with E-state index >= 15 is 0 Å². The average Bonchev–Trinajstić information content (AvgIpc) is 2.64. The fraction of sp³-hybridized carbons (Fsp3) is 0.636. The summed E-state index contributed by atoms with van der Waals surface area (Å²) in [5, 5.41) is 3.08. The van der Waals surface area contributed by atoms with E-state index in [0.29, 0.717) is 0 Å². The number of benzene rings is 1. The molecule has 0 spiro atoms. The van der Waals surface area contributed by atoms with E-state index in [0.717, 1.165) is 24.0 Å². The Balaban J connectivity index is 1.30. The maximum atomic E-state index is 12.4. The Morgan fingerprint density at radius 1 is 1.07 bits per heavy atom. The number of amides is 1. The third kappa shape index (κ3) is 4.20. The standard InChI is InChI=1S/C22H29NO5S/c1-14(22-10-15-7-16(11-22)9-17(8-15)12-22)23-20(24)13-28-21(25)18-3-5-19(6-4-18)29(2,26)27/h3-6,14-17H,7-13H2,1-2H3,(H,23,24). The number of ether oxygens (including phenoxy) is 1. The van der Waals surface area contributed by atoms with Gasteiger partial charge in [-0.2, -0.15) is 0 Å². The molecule has 0 saturated heterocycles. The first-order valence-electron chi connectivity index (χ1n) is 10.4. The summed E-state index contributed by atoms with van der Waals surface area (Å²) >= 11 is 0. The van der Waals surface area contributed by atoms with Crippen molar-refractivity contribution in [1.82, 2.24) is 5.32 Å². The molecule has 0 aromatic heterocycles. The Morgan fingerprint density at radius 3 is 2.07 bits per heavy atom. The van der Waals surface area contributed by atoms with Crippen molar-refractivity contribution in [3.8, 4) is 0 Å². The summed E-state index contributed by atoms with van der Waals surface area (Å²) in [5.74, 6) is 1.52. The molecule has 29 heavy (non-hydrogen) atoms. The van der Waals surface area contributed by atoms with Crippen molar-refractivity contribution in [2.75, 3.05) is 12.9 Å². The first-order valence-corrected chi connectivity index (χ1v) is 12.3. The van der Waals surface area contributed by atoms with Gasteiger partial charge in [-0.25, -0.2) is 13.2 Å². The Bertz CT molecular complexity index is 870. The van der Waals surface area contributed by atoms with Crippen molar-refractivity contribution in [2.45, 2.75) is 56.4 Å². The van der Waals surface area contributed by atoms with Gasteiger partial charge >= 0.3 is 5.97 Å². The third-order valence-corrected chi connectivity index (χ3v) is 8.36.